The minimum absolute atomic E-state index is 0.565. The quantitative estimate of drug-likeness (QED) is 0.559. The number of rotatable bonds is 3. The van der Waals surface area contributed by atoms with Crippen LogP contribution in [0.4, 0.5) is 22.7 Å². The van der Waals surface area contributed by atoms with Crippen molar-refractivity contribution in [3.63, 3.8) is 0 Å². The van der Waals surface area contributed by atoms with Crippen molar-refractivity contribution in [3.05, 3.63) is 84.4 Å². The molecule has 3 aromatic carbocycles. The second-order valence-corrected chi connectivity index (χ2v) is 5.89. The first-order valence-electron chi connectivity index (χ1n) is 8.17. The van der Waals surface area contributed by atoms with Crippen LogP contribution in [0.3, 0.4) is 0 Å². The van der Waals surface area contributed by atoms with Crippen LogP contribution in [-0.2, 0) is 9.59 Å². The first-order valence-corrected chi connectivity index (χ1v) is 8.17. The van der Waals surface area contributed by atoms with Gasteiger partial charge in [-0.3, -0.25) is 14.5 Å². The van der Waals surface area contributed by atoms with Gasteiger partial charge in [0, 0.05) is 22.7 Å². The van der Waals surface area contributed by atoms with Crippen LogP contribution in [0.15, 0.2) is 78.9 Å². The van der Waals surface area contributed by atoms with Gasteiger partial charge >= 0.3 is 11.8 Å². The van der Waals surface area contributed by atoms with Gasteiger partial charge in [-0.2, -0.15) is 0 Å². The van der Waals surface area contributed by atoms with Crippen LogP contribution in [-0.4, -0.2) is 11.8 Å². The van der Waals surface area contributed by atoms with Gasteiger partial charge in [-0.25, -0.2) is 0 Å². The largest absolute Gasteiger partial charge is 0.399 e. The normalized spacial score (nSPS) is 10.2. The summed E-state index contributed by atoms with van der Waals surface area (Å²) in [7, 11) is 0. The third-order valence-electron chi connectivity index (χ3n) is 3.84. The lowest BCUT2D eigenvalue weighted by atomic mass is 10.2. The number of nitrogen functional groups attached to an aromatic ring is 1. The van der Waals surface area contributed by atoms with Crippen LogP contribution in [0.25, 0.3) is 0 Å². The van der Waals surface area contributed by atoms with Crippen molar-refractivity contribution in [2.24, 2.45) is 0 Å². The van der Waals surface area contributed by atoms with Crippen molar-refractivity contribution in [1.82, 2.24) is 0 Å². The van der Waals surface area contributed by atoms with Crippen molar-refractivity contribution in [1.29, 1.82) is 0 Å². The minimum atomic E-state index is -0.712. The monoisotopic (exact) mass is 345 g/mol. The van der Waals surface area contributed by atoms with Crippen LogP contribution in [0.2, 0.25) is 0 Å². The average Bonchev–Trinajstić information content (AvgIpc) is 2.64. The van der Waals surface area contributed by atoms with Gasteiger partial charge in [-0.1, -0.05) is 30.3 Å². The van der Waals surface area contributed by atoms with E-state index in [1.165, 1.54) is 4.90 Å². The highest BCUT2D eigenvalue weighted by molar-refractivity contribution is 6.45. The predicted octanol–water partition coefficient (Wildman–Crippen LogP) is 3.88. The van der Waals surface area contributed by atoms with Crippen LogP contribution in [0, 0.1) is 6.92 Å². The Kier molecular flexibility index (Phi) is 4.99. The summed E-state index contributed by atoms with van der Waals surface area (Å²) in [5.41, 5.74) is 9.05. The molecule has 0 saturated carbocycles. The smallest absolute Gasteiger partial charge is 0.321 e. The first kappa shape index (κ1) is 17.2. The Bertz CT molecular complexity index is 922. The summed E-state index contributed by atoms with van der Waals surface area (Å²) < 4.78 is 0. The summed E-state index contributed by atoms with van der Waals surface area (Å²) in [5, 5.41) is 2.66. The van der Waals surface area contributed by atoms with Crippen molar-refractivity contribution >= 4 is 34.6 Å². The molecule has 3 rings (SSSR count). The zero-order chi connectivity index (χ0) is 18.5. The predicted molar refractivity (Wildman–Crippen MR) is 104 cm³/mol. The van der Waals surface area contributed by atoms with E-state index in [0.717, 1.165) is 5.56 Å². The van der Waals surface area contributed by atoms with Gasteiger partial charge in [-0.15, -0.1) is 0 Å². The molecule has 0 bridgehead atoms. The van der Waals surface area contributed by atoms with Crippen LogP contribution in [0.5, 0.6) is 0 Å². The number of nitrogens with zero attached hydrogens (tertiary/aromatic N) is 1. The van der Waals surface area contributed by atoms with E-state index in [1.807, 2.05) is 37.3 Å². The maximum Gasteiger partial charge on any atom is 0.321 e. The Hall–Kier alpha value is -3.60. The third kappa shape index (κ3) is 3.89. The highest BCUT2D eigenvalue weighted by Gasteiger charge is 2.25. The number of carbonyl (C=O) groups is 2. The second-order valence-electron chi connectivity index (χ2n) is 5.89. The molecule has 0 aliphatic rings. The molecule has 5 heteroatoms. The van der Waals surface area contributed by atoms with Crippen molar-refractivity contribution < 1.29 is 9.59 Å². The maximum absolute atomic E-state index is 12.9. The number of hydrogen-bond acceptors (Lipinski definition) is 3. The number of anilines is 4. The number of hydrogen-bond donors (Lipinski definition) is 2. The van der Waals surface area contributed by atoms with Gasteiger partial charge in [0.25, 0.3) is 0 Å². The van der Waals surface area contributed by atoms with Crippen molar-refractivity contribution in [2.45, 2.75) is 6.92 Å². The summed E-state index contributed by atoms with van der Waals surface area (Å²) in [4.78, 5) is 26.8. The summed E-state index contributed by atoms with van der Waals surface area (Å²) >= 11 is 0. The Balaban J connectivity index is 1.92. The van der Waals surface area contributed by atoms with E-state index in [1.54, 1.807) is 48.5 Å². The number of amides is 2. The van der Waals surface area contributed by atoms with Crippen LogP contribution >= 0.6 is 0 Å². The lowest BCUT2D eigenvalue weighted by molar-refractivity contribution is -0.134. The summed E-state index contributed by atoms with van der Waals surface area (Å²) in [6.45, 7) is 1.92. The highest BCUT2D eigenvalue weighted by Crippen LogP contribution is 2.26. The molecule has 0 aliphatic heterocycles. The number of carbonyl (C=O) groups excluding carboxylic acids is 2. The summed E-state index contributed by atoms with van der Waals surface area (Å²) in [5.74, 6) is -1.39. The zero-order valence-corrected chi connectivity index (χ0v) is 14.3. The molecule has 3 N–H and O–H groups in total. The third-order valence-corrected chi connectivity index (χ3v) is 3.84. The number of benzene rings is 3. The fraction of sp³-hybridized carbons (Fsp3) is 0.0476. The molecular formula is C21H19N3O2. The van der Waals surface area contributed by atoms with Gasteiger partial charge in [0.1, 0.15) is 0 Å². The number of nitrogens with two attached hydrogens (primary N) is 1. The fourth-order valence-electron chi connectivity index (χ4n) is 2.59. The fourth-order valence-corrected chi connectivity index (χ4v) is 2.59. The SMILES string of the molecule is Cc1cccc(NC(=O)C(=O)N(c2ccccc2)c2ccc(N)cc2)c1. The molecule has 0 aliphatic carbocycles. The molecule has 0 spiro atoms. The molecular weight excluding hydrogens is 326 g/mol. The lowest BCUT2D eigenvalue weighted by Crippen LogP contribution is -2.36. The highest BCUT2D eigenvalue weighted by atomic mass is 16.2. The van der Waals surface area contributed by atoms with E-state index in [2.05, 4.69) is 5.32 Å². The summed E-state index contributed by atoms with van der Waals surface area (Å²) in [6, 6.07) is 23.1. The molecule has 26 heavy (non-hydrogen) atoms. The summed E-state index contributed by atoms with van der Waals surface area (Å²) in [6.07, 6.45) is 0. The van der Waals surface area contributed by atoms with Crippen LogP contribution in [0.1, 0.15) is 5.56 Å². The Morgan fingerprint density at radius 3 is 2.15 bits per heavy atom. The Morgan fingerprint density at radius 1 is 0.846 bits per heavy atom. The molecule has 0 atom stereocenters. The van der Waals surface area contributed by atoms with E-state index in [-0.39, 0.29) is 0 Å². The van der Waals surface area contributed by atoms with Gasteiger partial charge < -0.3 is 11.1 Å². The molecule has 0 aromatic heterocycles. The molecule has 2 amide bonds. The number of nitrogens with one attached hydrogen (secondary N) is 1. The molecule has 0 unspecified atom stereocenters. The number of aryl methyl sites for hydroxylation is 1. The molecule has 5 nitrogen and oxygen atoms in total. The van der Waals surface area contributed by atoms with Gasteiger partial charge in [0.15, 0.2) is 0 Å². The number of para-hydroxylation sites is 1. The van der Waals surface area contributed by atoms with Crippen LogP contribution < -0.4 is 16.0 Å². The molecule has 0 fully saturated rings. The Labute approximate surface area is 152 Å². The molecule has 130 valence electrons. The van der Waals surface area contributed by atoms with Gasteiger partial charge in [0.2, 0.25) is 0 Å². The standard InChI is InChI=1S/C21H19N3O2/c1-15-6-5-7-17(14-15)23-20(25)21(26)24(18-8-3-2-4-9-18)19-12-10-16(22)11-13-19/h2-14H,22H2,1H3,(H,23,25). The second kappa shape index (κ2) is 7.53. The lowest BCUT2D eigenvalue weighted by Gasteiger charge is -2.22. The van der Waals surface area contributed by atoms with E-state index in [9.17, 15) is 9.59 Å². The van der Waals surface area contributed by atoms with Crippen molar-refractivity contribution in [3.8, 4) is 0 Å². The van der Waals surface area contributed by atoms with Crippen molar-refractivity contribution in [2.75, 3.05) is 16.0 Å². The minimum Gasteiger partial charge on any atom is -0.399 e. The molecule has 0 heterocycles. The van der Waals surface area contributed by atoms with Gasteiger partial charge in [0.05, 0.1) is 0 Å². The van der Waals surface area contributed by atoms with E-state index < -0.39 is 11.8 Å². The van der Waals surface area contributed by atoms with Gasteiger partial charge in [-0.05, 0) is 61.0 Å². The molecule has 0 radical (unpaired) electrons. The van der Waals surface area contributed by atoms with E-state index >= 15 is 0 Å². The average molecular weight is 345 g/mol. The zero-order valence-electron chi connectivity index (χ0n) is 14.3. The maximum atomic E-state index is 12.9. The topological polar surface area (TPSA) is 75.4 Å². The van der Waals surface area contributed by atoms with E-state index in [4.69, 9.17) is 5.73 Å². The molecule has 0 saturated heterocycles. The van der Waals surface area contributed by atoms with E-state index in [0.29, 0.717) is 22.7 Å². The first-order chi connectivity index (χ1) is 12.5. The molecule has 3 aromatic rings. The Morgan fingerprint density at radius 2 is 1.50 bits per heavy atom.